The van der Waals surface area contributed by atoms with Gasteiger partial charge < -0.3 is 18.3 Å². The summed E-state index contributed by atoms with van der Waals surface area (Å²) in [6.45, 7) is 0. The largest absolute Gasteiger partial charge is 0.309 e. The minimum atomic E-state index is 0.563. The van der Waals surface area contributed by atoms with Crippen molar-refractivity contribution in [2.24, 2.45) is 0 Å². The van der Waals surface area contributed by atoms with E-state index in [1.165, 1.54) is 32.7 Å². The van der Waals surface area contributed by atoms with Gasteiger partial charge in [-0.05, 0) is 142 Å². The normalized spacial score (nSPS) is 11.9. The Kier molecular flexibility index (Phi) is 11.3. The monoisotopic (exact) mass is 1170 g/mol. The van der Waals surface area contributed by atoms with Gasteiger partial charge in [-0.2, -0.15) is 5.26 Å². The second kappa shape index (κ2) is 20.2. The molecule has 19 rings (SSSR count). The topological polar surface area (TPSA) is 69.3 Å². The fourth-order valence-corrected chi connectivity index (χ4v) is 15.2. The Labute approximate surface area is 528 Å². The van der Waals surface area contributed by atoms with E-state index in [4.69, 9.17) is 9.97 Å². The van der Waals surface area contributed by atoms with Crippen LogP contribution < -0.4 is 0 Å². The Hall–Kier alpha value is -12.6. The van der Waals surface area contributed by atoms with Gasteiger partial charge in [0.2, 0.25) is 0 Å². The highest BCUT2D eigenvalue weighted by Gasteiger charge is 2.26. The van der Waals surface area contributed by atoms with Crippen molar-refractivity contribution in [2.75, 3.05) is 0 Å². The first kappa shape index (κ1) is 51.4. The van der Waals surface area contributed by atoms with Crippen LogP contribution in [0.2, 0.25) is 0 Å². The molecule has 0 saturated heterocycles. The molecule has 0 aliphatic rings. The molecule has 0 aliphatic heterocycles. The predicted molar refractivity (Wildman–Crippen MR) is 381 cm³/mol. The summed E-state index contributed by atoms with van der Waals surface area (Å²) in [5, 5.41) is 22.8. The van der Waals surface area contributed by atoms with Crippen LogP contribution in [0.1, 0.15) is 5.56 Å². The standard InChI is InChI=1S/C85H51N7/c86-52-53-22-17-24-55(48-53)84-83-61-29-8-7-23-54(61)46-47-70(83)87-85(88-84)56-49-59(91-73-40-15-11-32-68(73)81-64(36-20-44-77(81)91)62-34-18-42-75-79(62)66-30-9-13-38-71(66)89(75)57-25-3-1-4-26-57)51-60(50-56)92-74-41-16-12-33-69(74)82-65(37-21-45-78(82)92)63-35-19-43-76-80(63)67-31-10-14-39-72(67)90(76)58-27-5-2-6-28-58/h1-51H. The molecule has 14 aromatic carbocycles. The summed E-state index contributed by atoms with van der Waals surface area (Å²) in [7, 11) is 0. The van der Waals surface area contributed by atoms with Crippen LogP contribution in [0.15, 0.2) is 309 Å². The molecule has 7 heteroatoms. The van der Waals surface area contributed by atoms with Crippen molar-refractivity contribution in [2.45, 2.75) is 0 Å². The molecule has 426 valence electrons. The number of nitriles is 1. The van der Waals surface area contributed by atoms with Gasteiger partial charge in [-0.3, -0.25) is 0 Å². The van der Waals surface area contributed by atoms with Crippen molar-refractivity contribution in [1.82, 2.24) is 28.2 Å². The molecule has 0 amide bonds. The molecular formula is C85H51N7. The molecule has 0 N–H and O–H groups in total. The summed E-state index contributed by atoms with van der Waals surface area (Å²) in [6, 6.07) is 114. The van der Waals surface area contributed by atoms with Gasteiger partial charge in [-0.15, -0.1) is 0 Å². The molecule has 19 aromatic rings. The second-order valence-corrected chi connectivity index (χ2v) is 23.9. The van der Waals surface area contributed by atoms with E-state index in [0.717, 1.165) is 138 Å². The summed E-state index contributed by atoms with van der Waals surface area (Å²) < 4.78 is 9.69. The minimum Gasteiger partial charge on any atom is -0.309 e. The lowest BCUT2D eigenvalue weighted by Crippen LogP contribution is -2.02. The van der Waals surface area contributed by atoms with E-state index < -0.39 is 0 Å². The van der Waals surface area contributed by atoms with Gasteiger partial charge in [-0.25, -0.2) is 9.97 Å². The van der Waals surface area contributed by atoms with E-state index >= 15 is 0 Å². The smallest absolute Gasteiger partial charge is 0.160 e. The van der Waals surface area contributed by atoms with Gasteiger partial charge >= 0.3 is 0 Å². The van der Waals surface area contributed by atoms with Crippen LogP contribution in [0.25, 0.3) is 177 Å². The zero-order chi connectivity index (χ0) is 60.5. The number of fused-ring (bicyclic) bond motifs is 15. The average molecular weight is 1170 g/mol. The molecule has 0 radical (unpaired) electrons. The van der Waals surface area contributed by atoms with Gasteiger partial charge in [0.05, 0.1) is 67.0 Å². The van der Waals surface area contributed by atoms with Crippen LogP contribution >= 0.6 is 0 Å². The molecule has 5 heterocycles. The number of hydrogen-bond acceptors (Lipinski definition) is 3. The molecule has 0 saturated carbocycles. The van der Waals surface area contributed by atoms with E-state index in [1.807, 2.05) is 18.2 Å². The summed E-state index contributed by atoms with van der Waals surface area (Å²) in [4.78, 5) is 11.3. The highest BCUT2D eigenvalue weighted by molar-refractivity contribution is 6.24. The Morgan fingerprint density at radius 3 is 1.09 bits per heavy atom. The third kappa shape index (κ3) is 7.62. The van der Waals surface area contributed by atoms with Crippen LogP contribution in [-0.2, 0) is 0 Å². The van der Waals surface area contributed by atoms with Gasteiger partial charge in [0.1, 0.15) is 0 Å². The number of hydrogen-bond donors (Lipinski definition) is 0. The maximum absolute atomic E-state index is 10.3. The number of nitrogens with zero attached hydrogens (tertiary/aromatic N) is 7. The number of benzene rings is 14. The third-order valence-corrected chi connectivity index (χ3v) is 18.9. The highest BCUT2D eigenvalue weighted by atomic mass is 15.0. The van der Waals surface area contributed by atoms with Crippen molar-refractivity contribution in [3.8, 4) is 73.7 Å². The van der Waals surface area contributed by atoms with Crippen LogP contribution in [0, 0.1) is 11.3 Å². The van der Waals surface area contributed by atoms with Crippen LogP contribution in [-0.4, -0.2) is 28.2 Å². The van der Waals surface area contributed by atoms with Gasteiger partial charge in [0, 0.05) is 82.4 Å². The third-order valence-electron chi connectivity index (χ3n) is 18.9. The lowest BCUT2D eigenvalue weighted by Gasteiger charge is -2.17. The maximum atomic E-state index is 10.3. The molecule has 5 aromatic heterocycles. The van der Waals surface area contributed by atoms with Crippen LogP contribution in [0.5, 0.6) is 0 Å². The number of para-hydroxylation sites is 6. The molecule has 0 atom stereocenters. The molecule has 0 spiro atoms. The van der Waals surface area contributed by atoms with Gasteiger partial charge in [0.15, 0.2) is 5.82 Å². The zero-order valence-electron chi connectivity index (χ0n) is 49.6. The Balaban J connectivity index is 0.902. The lowest BCUT2D eigenvalue weighted by molar-refractivity contribution is 1.13. The Morgan fingerprint density at radius 2 is 0.641 bits per heavy atom. The summed E-state index contributed by atoms with van der Waals surface area (Å²) >= 11 is 0. The van der Waals surface area contributed by atoms with Crippen molar-refractivity contribution < 1.29 is 0 Å². The highest BCUT2D eigenvalue weighted by Crippen LogP contribution is 2.48. The predicted octanol–water partition coefficient (Wildman–Crippen LogP) is 21.7. The fraction of sp³-hybridized carbons (Fsp3) is 0. The first-order chi connectivity index (χ1) is 45.6. The molecular weight excluding hydrogens is 1120 g/mol. The molecule has 92 heavy (non-hydrogen) atoms. The molecule has 0 aliphatic carbocycles. The fourth-order valence-electron chi connectivity index (χ4n) is 15.2. The first-order valence-electron chi connectivity index (χ1n) is 31.2. The van der Waals surface area contributed by atoms with Crippen LogP contribution in [0.4, 0.5) is 0 Å². The Morgan fingerprint density at radius 1 is 0.261 bits per heavy atom. The van der Waals surface area contributed by atoms with Gasteiger partial charge in [-0.1, -0.05) is 200 Å². The van der Waals surface area contributed by atoms with Crippen molar-refractivity contribution >= 4 is 109 Å². The van der Waals surface area contributed by atoms with E-state index in [1.54, 1.807) is 0 Å². The van der Waals surface area contributed by atoms with E-state index in [-0.39, 0.29) is 0 Å². The number of rotatable bonds is 8. The summed E-state index contributed by atoms with van der Waals surface area (Å²) in [6.07, 6.45) is 0. The average Bonchev–Trinajstić information content (AvgIpc) is 1.54. The van der Waals surface area contributed by atoms with Gasteiger partial charge in [0.25, 0.3) is 0 Å². The molecule has 7 nitrogen and oxygen atoms in total. The quantitative estimate of drug-likeness (QED) is 0.142. The van der Waals surface area contributed by atoms with E-state index in [0.29, 0.717) is 11.4 Å². The maximum Gasteiger partial charge on any atom is 0.160 e. The van der Waals surface area contributed by atoms with Crippen molar-refractivity contribution in [3.63, 3.8) is 0 Å². The molecule has 0 bridgehead atoms. The van der Waals surface area contributed by atoms with E-state index in [9.17, 15) is 5.26 Å². The van der Waals surface area contributed by atoms with E-state index in [2.05, 4.69) is 316 Å². The SMILES string of the molecule is N#Cc1cccc(-c2nc(-c3cc(-n4c5ccccc5c5c(-c6cccc7c6c6ccccc6n7-c6ccccc6)cccc54)cc(-n4c5ccccc5c5c(-c6cccc7c6c6ccccc6n7-c6ccccc6)cccc54)c3)nc3ccc4ccccc4c23)c1. The van der Waals surface area contributed by atoms with Crippen molar-refractivity contribution in [3.05, 3.63) is 315 Å². The van der Waals surface area contributed by atoms with Crippen LogP contribution in [0.3, 0.4) is 0 Å². The second-order valence-electron chi connectivity index (χ2n) is 23.9. The van der Waals surface area contributed by atoms with Crippen molar-refractivity contribution in [1.29, 1.82) is 5.26 Å². The summed E-state index contributed by atoms with van der Waals surface area (Å²) in [5.41, 5.74) is 21.5. The zero-order valence-corrected chi connectivity index (χ0v) is 49.6. The first-order valence-corrected chi connectivity index (χ1v) is 31.2. The Bertz CT molecular complexity index is 6040. The lowest BCUT2D eigenvalue weighted by atomic mass is 9.95. The number of aromatic nitrogens is 6. The minimum absolute atomic E-state index is 0.563. The molecule has 0 fully saturated rings. The molecule has 0 unspecified atom stereocenters. The summed E-state index contributed by atoms with van der Waals surface area (Å²) in [5.74, 6) is 0.569.